The zero-order valence-corrected chi connectivity index (χ0v) is 11.7. The van der Waals surface area contributed by atoms with Gasteiger partial charge in [-0.25, -0.2) is 0 Å². The monoisotopic (exact) mass is 260 g/mol. The molecule has 104 valence electrons. The number of hydrogen-bond donors (Lipinski definition) is 1. The van der Waals surface area contributed by atoms with E-state index in [0.717, 1.165) is 25.3 Å². The largest absolute Gasteiger partial charge is 0.488 e. The Morgan fingerprint density at radius 2 is 2.16 bits per heavy atom. The Kier molecular flexibility index (Phi) is 3.76. The Balaban J connectivity index is 1.58. The van der Waals surface area contributed by atoms with Gasteiger partial charge in [0.2, 0.25) is 0 Å². The molecule has 1 aliphatic heterocycles. The third-order valence-corrected chi connectivity index (χ3v) is 4.69. The first kappa shape index (κ1) is 12.9. The Bertz CT molecular complexity index is 410. The van der Waals surface area contributed by atoms with Crippen LogP contribution in [0.1, 0.15) is 24.8 Å². The van der Waals surface area contributed by atoms with Crippen LogP contribution in [-0.2, 0) is 6.42 Å². The quantitative estimate of drug-likeness (QED) is 0.900. The first-order chi connectivity index (χ1) is 9.28. The first-order valence-corrected chi connectivity index (χ1v) is 7.43. The summed E-state index contributed by atoms with van der Waals surface area (Å²) < 4.78 is 6.03. The van der Waals surface area contributed by atoms with Gasteiger partial charge in [-0.1, -0.05) is 24.6 Å². The predicted molar refractivity (Wildman–Crippen MR) is 77.4 cm³/mol. The molecule has 1 heterocycles. The second-order valence-corrected chi connectivity index (χ2v) is 5.99. The average molecular weight is 260 g/mol. The molecule has 3 unspecified atom stereocenters. The van der Waals surface area contributed by atoms with E-state index >= 15 is 0 Å². The molecule has 1 aromatic carbocycles. The van der Waals surface area contributed by atoms with Gasteiger partial charge < -0.3 is 10.5 Å². The molecule has 0 spiro atoms. The zero-order chi connectivity index (χ0) is 13.2. The van der Waals surface area contributed by atoms with E-state index in [1.807, 2.05) is 6.07 Å². The summed E-state index contributed by atoms with van der Waals surface area (Å²) in [6.07, 6.45) is 5.25. The van der Waals surface area contributed by atoms with Crippen LogP contribution in [0.15, 0.2) is 24.3 Å². The molecule has 0 amide bonds. The number of benzene rings is 1. The van der Waals surface area contributed by atoms with E-state index in [9.17, 15) is 0 Å². The van der Waals surface area contributed by atoms with Crippen molar-refractivity contribution >= 4 is 0 Å². The van der Waals surface area contributed by atoms with E-state index in [0.29, 0.717) is 18.1 Å². The van der Waals surface area contributed by atoms with Crippen LogP contribution in [0, 0.1) is 5.92 Å². The lowest BCUT2D eigenvalue weighted by Crippen LogP contribution is -2.42. The molecule has 0 bridgehead atoms. The third kappa shape index (κ3) is 2.63. The highest BCUT2D eigenvalue weighted by Gasteiger charge is 2.32. The van der Waals surface area contributed by atoms with E-state index in [-0.39, 0.29) is 0 Å². The Labute approximate surface area is 115 Å². The van der Waals surface area contributed by atoms with E-state index in [1.165, 1.54) is 24.8 Å². The van der Waals surface area contributed by atoms with Gasteiger partial charge in [0, 0.05) is 19.0 Å². The molecule has 2 N–H and O–H groups in total. The topological polar surface area (TPSA) is 38.5 Å². The van der Waals surface area contributed by atoms with Gasteiger partial charge in [-0.15, -0.1) is 0 Å². The van der Waals surface area contributed by atoms with E-state index in [2.05, 4.69) is 30.1 Å². The highest BCUT2D eigenvalue weighted by atomic mass is 16.5. The summed E-state index contributed by atoms with van der Waals surface area (Å²) in [5.74, 6) is 1.75. The number of ether oxygens (including phenoxy) is 1. The Morgan fingerprint density at radius 1 is 1.32 bits per heavy atom. The van der Waals surface area contributed by atoms with Gasteiger partial charge in [0.15, 0.2) is 0 Å². The molecule has 3 rings (SSSR count). The maximum Gasteiger partial charge on any atom is 0.123 e. The summed E-state index contributed by atoms with van der Waals surface area (Å²) in [4.78, 5) is 2.47. The molecule has 1 aromatic rings. The third-order valence-electron chi connectivity index (χ3n) is 4.69. The van der Waals surface area contributed by atoms with Gasteiger partial charge in [-0.05, 0) is 44.0 Å². The van der Waals surface area contributed by atoms with Gasteiger partial charge in [-0.3, -0.25) is 4.90 Å². The van der Waals surface area contributed by atoms with Gasteiger partial charge in [0.05, 0.1) is 0 Å². The second-order valence-electron chi connectivity index (χ2n) is 5.99. The van der Waals surface area contributed by atoms with Crippen molar-refractivity contribution in [1.29, 1.82) is 0 Å². The van der Waals surface area contributed by atoms with E-state index in [1.54, 1.807) is 0 Å². The Hall–Kier alpha value is -1.06. The van der Waals surface area contributed by atoms with Crippen LogP contribution in [0.3, 0.4) is 0 Å². The molecule has 1 saturated carbocycles. The van der Waals surface area contributed by atoms with Crippen LogP contribution in [0.4, 0.5) is 0 Å². The van der Waals surface area contributed by atoms with Gasteiger partial charge in [-0.2, -0.15) is 0 Å². The molecule has 3 heteroatoms. The van der Waals surface area contributed by atoms with Gasteiger partial charge in [0.25, 0.3) is 0 Å². The highest BCUT2D eigenvalue weighted by molar-refractivity contribution is 5.37. The molecule has 0 aromatic heterocycles. The van der Waals surface area contributed by atoms with Crippen molar-refractivity contribution < 1.29 is 4.74 Å². The molecule has 0 saturated heterocycles. The molecular weight excluding hydrogens is 236 g/mol. The molecule has 3 atom stereocenters. The zero-order valence-electron chi connectivity index (χ0n) is 11.7. The maximum atomic E-state index is 6.03. The van der Waals surface area contributed by atoms with Crippen LogP contribution in [0.5, 0.6) is 5.75 Å². The molecular formula is C16H24N2O. The lowest BCUT2D eigenvalue weighted by Gasteiger charge is -2.30. The minimum atomic E-state index is 0.307. The fraction of sp³-hybridized carbons (Fsp3) is 0.625. The summed E-state index contributed by atoms with van der Waals surface area (Å²) in [5.41, 5.74) is 7.23. The summed E-state index contributed by atoms with van der Waals surface area (Å²) >= 11 is 0. The van der Waals surface area contributed by atoms with E-state index in [4.69, 9.17) is 10.5 Å². The fourth-order valence-electron chi connectivity index (χ4n) is 3.68. The van der Waals surface area contributed by atoms with Crippen molar-refractivity contribution in [3.63, 3.8) is 0 Å². The molecule has 19 heavy (non-hydrogen) atoms. The van der Waals surface area contributed by atoms with Crippen molar-refractivity contribution in [1.82, 2.24) is 4.90 Å². The van der Waals surface area contributed by atoms with Crippen molar-refractivity contribution in [2.45, 2.75) is 37.8 Å². The molecule has 1 fully saturated rings. The molecule has 3 nitrogen and oxygen atoms in total. The first-order valence-electron chi connectivity index (χ1n) is 7.43. The van der Waals surface area contributed by atoms with Crippen LogP contribution < -0.4 is 10.5 Å². The van der Waals surface area contributed by atoms with Gasteiger partial charge in [0.1, 0.15) is 11.9 Å². The van der Waals surface area contributed by atoms with E-state index < -0.39 is 0 Å². The number of rotatable bonds is 4. The van der Waals surface area contributed by atoms with Crippen molar-refractivity contribution in [2.75, 3.05) is 20.1 Å². The summed E-state index contributed by atoms with van der Waals surface area (Å²) in [6.45, 7) is 1.83. The standard InChI is InChI=1S/C16H24N2O/c1-18(15-7-4-6-13(15)10-17)11-14-9-12-5-2-3-8-16(12)19-14/h2-3,5,8,13-15H,4,6-7,9-11,17H2,1H3. The summed E-state index contributed by atoms with van der Waals surface area (Å²) in [5, 5.41) is 0. The summed E-state index contributed by atoms with van der Waals surface area (Å²) in [6, 6.07) is 9.04. The van der Waals surface area contributed by atoms with Crippen LogP contribution in [-0.4, -0.2) is 37.2 Å². The number of fused-ring (bicyclic) bond motifs is 1. The number of hydrogen-bond acceptors (Lipinski definition) is 3. The van der Waals surface area contributed by atoms with Crippen LogP contribution in [0.2, 0.25) is 0 Å². The SMILES string of the molecule is CN(CC1Cc2ccccc2O1)C1CCCC1CN. The van der Waals surface area contributed by atoms with Gasteiger partial charge >= 0.3 is 0 Å². The maximum absolute atomic E-state index is 6.03. The number of nitrogens with zero attached hydrogens (tertiary/aromatic N) is 1. The number of nitrogens with two attached hydrogens (primary N) is 1. The van der Waals surface area contributed by atoms with Crippen molar-refractivity contribution in [3.05, 3.63) is 29.8 Å². The minimum absolute atomic E-state index is 0.307. The lowest BCUT2D eigenvalue weighted by atomic mass is 10.0. The molecule has 0 radical (unpaired) electrons. The second kappa shape index (κ2) is 5.51. The smallest absolute Gasteiger partial charge is 0.123 e. The van der Waals surface area contributed by atoms with Crippen molar-refractivity contribution in [2.24, 2.45) is 11.7 Å². The van der Waals surface area contributed by atoms with Crippen LogP contribution in [0.25, 0.3) is 0 Å². The Morgan fingerprint density at radius 3 is 2.95 bits per heavy atom. The highest BCUT2D eigenvalue weighted by Crippen LogP contribution is 2.31. The fourth-order valence-corrected chi connectivity index (χ4v) is 3.68. The van der Waals surface area contributed by atoms with Crippen LogP contribution >= 0.6 is 0 Å². The summed E-state index contributed by atoms with van der Waals surface area (Å²) in [7, 11) is 2.23. The predicted octanol–water partition coefficient (Wildman–Crippen LogP) is 2.05. The minimum Gasteiger partial charge on any atom is -0.488 e. The number of para-hydroxylation sites is 1. The normalized spacial score (nSPS) is 29.5. The van der Waals surface area contributed by atoms with Crippen molar-refractivity contribution in [3.8, 4) is 5.75 Å². The lowest BCUT2D eigenvalue weighted by molar-refractivity contribution is 0.122. The average Bonchev–Trinajstić information content (AvgIpc) is 3.03. The number of likely N-dealkylation sites (N-methyl/N-ethyl adjacent to an activating group) is 1. The molecule has 1 aliphatic carbocycles. The molecule has 2 aliphatic rings.